The lowest BCUT2D eigenvalue weighted by molar-refractivity contribution is -0.137. The molecule has 2 aromatic carbocycles. The van der Waals surface area contributed by atoms with Crippen LogP contribution in [0, 0.1) is 0 Å². The van der Waals surface area contributed by atoms with Crippen molar-refractivity contribution >= 4 is 22.5 Å². The molecule has 1 heterocycles. The van der Waals surface area contributed by atoms with Gasteiger partial charge in [-0.1, -0.05) is 60.1 Å². The Balaban J connectivity index is 1.89. The molecule has 122 valence electrons. The summed E-state index contributed by atoms with van der Waals surface area (Å²) in [6.07, 6.45) is -0.802. The molecule has 1 aliphatic heterocycles. The van der Waals surface area contributed by atoms with E-state index in [1.807, 2.05) is 36.4 Å². The zero-order valence-corrected chi connectivity index (χ0v) is 13.1. The quantitative estimate of drug-likeness (QED) is 0.694. The van der Waals surface area contributed by atoms with E-state index in [4.69, 9.17) is 11.6 Å². The number of rotatable bonds is 2. The van der Waals surface area contributed by atoms with E-state index in [1.54, 1.807) is 6.08 Å². The number of hydrogen-bond donors (Lipinski definition) is 0. The van der Waals surface area contributed by atoms with Gasteiger partial charge in [0.15, 0.2) is 0 Å². The van der Waals surface area contributed by atoms with Crippen LogP contribution in [0.25, 0.3) is 0 Å². The molecule has 2 nitrogen and oxygen atoms in total. The molecule has 0 radical (unpaired) electrons. The van der Waals surface area contributed by atoms with Crippen LogP contribution in [0.1, 0.15) is 22.6 Å². The molecule has 24 heavy (non-hydrogen) atoms. The van der Waals surface area contributed by atoms with Gasteiger partial charge < -0.3 is 0 Å². The first-order valence-electron chi connectivity index (χ1n) is 7.17. The molecule has 1 unspecified atom stereocenters. The maximum atomic E-state index is 12.6. The molecular weight excluding hydrogens is 337 g/mol. The third-order valence-corrected chi connectivity index (χ3v) is 3.93. The highest BCUT2D eigenvalue weighted by atomic mass is 35.5. The van der Waals surface area contributed by atoms with Crippen LogP contribution in [-0.4, -0.2) is 10.9 Å². The van der Waals surface area contributed by atoms with E-state index in [9.17, 15) is 13.2 Å². The number of allylic oxidation sites excluding steroid dienone is 2. The first-order valence-corrected chi connectivity index (χ1v) is 7.55. The van der Waals surface area contributed by atoms with Gasteiger partial charge in [0.25, 0.3) is 0 Å². The Morgan fingerprint density at radius 3 is 2.17 bits per heavy atom. The fourth-order valence-corrected chi connectivity index (χ4v) is 2.59. The summed E-state index contributed by atoms with van der Waals surface area (Å²) in [5.41, 5.74) is 1.26. The maximum absolute atomic E-state index is 12.6. The second-order valence-electron chi connectivity index (χ2n) is 5.23. The van der Waals surface area contributed by atoms with E-state index in [0.717, 1.165) is 17.7 Å². The van der Waals surface area contributed by atoms with Gasteiger partial charge in [0.2, 0.25) is 0 Å². The Kier molecular flexibility index (Phi) is 4.53. The number of alkyl halides is 3. The van der Waals surface area contributed by atoms with Crippen molar-refractivity contribution in [1.29, 1.82) is 0 Å². The van der Waals surface area contributed by atoms with Crippen molar-refractivity contribution in [3.05, 3.63) is 83.4 Å². The van der Waals surface area contributed by atoms with Crippen LogP contribution in [0.15, 0.2) is 77.0 Å². The molecule has 0 fully saturated rings. The van der Waals surface area contributed by atoms with Crippen molar-refractivity contribution in [2.45, 2.75) is 12.1 Å². The van der Waals surface area contributed by atoms with Gasteiger partial charge in [0.05, 0.1) is 17.2 Å². The first-order chi connectivity index (χ1) is 11.4. The minimum Gasteiger partial charge on any atom is -0.166 e. The standard InChI is InChI=1S/C18H12ClF3N2/c19-17-15(12-4-2-1-3-5-12)10-11-16(23-24-17)13-6-8-14(9-7-13)18(20,21)22/h1-11,15H. The van der Waals surface area contributed by atoms with Crippen molar-refractivity contribution in [3.8, 4) is 0 Å². The minimum atomic E-state index is -4.36. The van der Waals surface area contributed by atoms with E-state index in [-0.39, 0.29) is 5.92 Å². The normalized spacial score (nSPS) is 17.9. The smallest absolute Gasteiger partial charge is 0.166 e. The summed E-state index contributed by atoms with van der Waals surface area (Å²) in [6, 6.07) is 14.3. The van der Waals surface area contributed by atoms with Crippen LogP contribution < -0.4 is 0 Å². The minimum absolute atomic E-state index is 0.233. The Morgan fingerprint density at radius 1 is 0.875 bits per heavy atom. The summed E-state index contributed by atoms with van der Waals surface area (Å²) in [7, 11) is 0. The second-order valence-corrected chi connectivity index (χ2v) is 5.62. The third-order valence-electron chi connectivity index (χ3n) is 3.62. The van der Waals surface area contributed by atoms with Gasteiger partial charge >= 0.3 is 6.18 Å². The zero-order chi connectivity index (χ0) is 17.2. The van der Waals surface area contributed by atoms with Crippen LogP contribution >= 0.6 is 11.6 Å². The molecule has 0 N–H and O–H groups in total. The number of nitrogens with zero attached hydrogens (tertiary/aromatic N) is 2. The average molecular weight is 349 g/mol. The summed E-state index contributed by atoms with van der Waals surface area (Å²) in [5.74, 6) is -0.233. The molecule has 0 saturated carbocycles. The average Bonchev–Trinajstić information content (AvgIpc) is 2.77. The van der Waals surface area contributed by atoms with Gasteiger partial charge in [-0.2, -0.15) is 13.2 Å². The molecule has 0 amide bonds. The maximum Gasteiger partial charge on any atom is 0.416 e. The molecule has 0 aromatic heterocycles. The number of hydrogen-bond acceptors (Lipinski definition) is 2. The van der Waals surface area contributed by atoms with E-state index in [0.29, 0.717) is 16.4 Å². The first kappa shape index (κ1) is 16.5. The van der Waals surface area contributed by atoms with Gasteiger partial charge in [-0.25, -0.2) is 0 Å². The lowest BCUT2D eigenvalue weighted by atomic mass is 9.98. The Labute approximate surface area is 142 Å². The molecule has 1 aliphatic rings. The predicted molar refractivity (Wildman–Crippen MR) is 89.6 cm³/mol. The van der Waals surface area contributed by atoms with Gasteiger partial charge in [0.1, 0.15) is 5.17 Å². The highest BCUT2D eigenvalue weighted by Gasteiger charge is 2.30. The largest absolute Gasteiger partial charge is 0.416 e. The summed E-state index contributed by atoms with van der Waals surface area (Å²) in [4.78, 5) is 0. The number of benzene rings is 2. The Morgan fingerprint density at radius 2 is 1.54 bits per heavy atom. The molecular formula is C18H12ClF3N2. The van der Waals surface area contributed by atoms with Crippen molar-refractivity contribution in [1.82, 2.24) is 0 Å². The SMILES string of the molecule is FC(F)(F)c1ccc(C2=NN=C(Cl)C(c3ccccc3)C=C2)cc1. The number of halogens is 4. The van der Waals surface area contributed by atoms with Gasteiger partial charge in [-0.3, -0.25) is 0 Å². The van der Waals surface area contributed by atoms with Crippen LogP contribution in [0.5, 0.6) is 0 Å². The van der Waals surface area contributed by atoms with Crippen LogP contribution in [-0.2, 0) is 6.18 Å². The van der Waals surface area contributed by atoms with E-state index in [2.05, 4.69) is 10.2 Å². The Bertz CT molecular complexity index is 806. The molecule has 6 heteroatoms. The van der Waals surface area contributed by atoms with Crippen LogP contribution in [0.4, 0.5) is 13.2 Å². The zero-order valence-electron chi connectivity index (χ0n) is 12.3. The highest BCUT2D eigenvalue weighted by Crippen LogP contribution is 2.29. The van der Waals surface area contributed by atoms with Crippen LogP contribution in [0.2, 0.25) is 0 Å². The summed E-state index contributed by atoms with van der Waals surface area (Å²) in [6.45, 7) is 0. The summed E-state index contributed by atoms with van der Waals surface area (Å²) < 4.78 is 37.9. The molecule has 0 spiro atoms. The van der Waals surface area contributed by atoms with E-state index < -0.39 is 11.7 Å². The van der Waals surface area contributed by atoms with E-state index >= 15 is 0 Å². The monoisotopic (exact) mass is 348 g/mol. The van der Waals surface area contributed by atoms with Gasteiger partial charge in [-0.05, 0) is 23.8 Å². The third kappa shape index (κ3) is 3.57. The predicted octanol–water partition coefficient (Wildman–Crippen LogP) is 5.40. The lowest BCUT2D eigenvalue weighted by Crippen LogP contribution is -2.05. The summed E-state index contributed by atoms with van der Waals surface area (Å²) in [5, 5.41) is 8.35. The van der Waals surface area contributed by atoms with Gasteiger partial charge in [0, 0.05) is 5.56 Å². The lowest BCUT2D eigenvalue weighted by Gasteiger charge is -2.09. The fourth-order valence-electron chi connectivity index (χ4n) is 2.36. The molecule has 0 bridgehead atoms. The molecule has 1 atom stereocenters. The van der Waals surface area contributed by atoms with Crippen molar-refractivity contribution < 1.29 is 13.2 Å². The second kappa shape index (κ2) is 6.61. The molecule has 3 rings (SSSR count). The summed E-state index contributed by atoms with van der Waals surface area (Å²) >= 11 is 6.20. The molecule has 0 saturated heterocycles. The van der Waals surface area contributed by atoms with Crippen molar-refractivity contribution in [3.63, 3.8) is 0 Å². The Hall–Kier alpha value is -2.40. The highest BCUT2D eigenvalue weighted by molar-refractivity contribution is 6.67. The molecule has 0 aliphatic carbocycles. The van der Waals surface area contributed by atoms with Crippen molar-refractivity contribution in [2.24, 2.45) is 10.2 Å². The van der Waals surface area contributed by atoms with Gasteiger partial charge in [-0.15, -0.1) is 10.2 Å². The van der Waals surface area contributed by atoms with Crippen LogP contribution in [0.3, 0.4) is 0 Å². The van der Waals surface area contributed by atoms with E-state index in [1.165, 1.54) is 12.1 Å². The van der Waals surface area contributed by atoms with Crippen molar-refractivity contribution in [2.75, 3.05) is 0 Å². The topological polar surface area (TPSA) is 24.7 Å². The fraction of sp³-hybridized carbons (Fsp3) is 0.111. The molecule has 2 aromatic rings.